The maximum absolute atomic E-state index is 15.3. The quantitative estimate of drug-likeness (QED) is 0.207. The molecule has 0 radical (unpaired) electrons. The molecule has 0 spiro atoms. The summed E-state index contributed by atoms with van der Waals surface area (Å²) in [6, 6.07) is 41.1. The van der Waals surface area contributed by atoms with Gasteiger partial charge in [-0.15, -0.1) is 0 Å². The highest BCUT2D eigenvalue weighted by molar-refractivity contribution is 6.08. The van der Waals surface area contributed by atoms with Gasteiger partial charge in [-0.2, -0.15) is 4.89 Å². The average Bonchev–Trinajstić information content (AvgIpc) is 3.38. The fourth-order valence-corrected chi connectivity index (χ4v) is 7.73. The molecular weight excluding hydrogens is 570 g/mol. The number of benzene rings is 5. The van der Waals surface area contributed by atoms with Gasteiger partial charge in [0.1, 0.15) is 11.0 Å². The molecule has 2 unspecified atom stereocenters. The molecule has 0 saturated carbocycles. The predicted molar refractivity (Wildman–Crippen MR) is 178 cm³/mol. The number of aryl methyl sites for hydroxylation is 4. The normalized spacial score (nSPS) is 24.0. The van der Waals surface area contributed by atoms with E-state index in [1.54, 1.807) is 0 Å². The van der Waals surface area contributed by atoms with Gasteiger partial charge in [-0.05, 0) is 62.1 Å². The third-order valence-corrected chi connectivity index (χ3v) is 10.3. The van der Waals surface area contributed by atoms with Gasteiger partial charge >= 0.3 is 0 Å². The second-order valence-electron chi connectivity index (χ2n) is 13.4. The number of fused-ring (bicyclic) bond motifs is 1. The lowest BCUT2D eigenvalue weighted by Crippen LogP contribution is -2.66. The van der Waals surface area contributed by atoms with Crippen molar-refractivity contribution in [1.29, 1.82) is 0 Å². The van der Waals surface area contributed by atoms with Crippen molar-refractivity contribution in [2.75, 3.05) is 5.32 Å². The van der Waals surface area contributed by atoms with E-state index < -0.39 is 22.5 Å². The highest BCUT2D eigenvalue weighted by Gasteiger charge is 2.77. The molecule has 46 heavy (non-hydrogen) atoms. The van der Waals surface area contributed by atoms with E-state index in [2.05, 4.69) is 130 Å². The van der Waals surface area contributed by atoms with Crippen molar-refractivity contribution in [3.8, 4) is 0 Å². The SMILES string of the molecule is Cc1ccc(C2(c3ccc(C)cc3)CC34CC(c5ccc(C)cc5)(c5ccc(C)cc5)OC3(Nc3ccccc3C4=O)OO2)cc1. The maximum atomic E-state index is 15.3. The highest BCUT2D eigenvalue weighted by Crippen LogP contribution is 2.68. The number of nitrogens with one attached hydrogen (secondary N) is 1. The van der Waals surface area contributed by atoms with Crippen LogP contribution in [0.2, 0.25) is 0 Å². The first-order valence-corrected chi connectivity index (χ1v) is 16.0. The largest absolute Gasteiger partial charge is 0.331 e. The molecule has 0 aliphatic carbocycles. The zero-order valence-corrected chi connectivity index (χ0v) is 26.6. The van der Waals surface area contributed by atoms with Crippen molar-refractivity contribution >= 4 is 11.5 Å². The average molecular weight is 608 g/mol. The number of Topliss-reactive ketones (excluding diaryl/α,β-unsaturated/α-hetero) is 1. The summed E-state index contributed by atoms with van der Waals surface area (Å²) < 4.78 is 7.34. The Kier molecular flexibility index (Phi) is 6.42. The Morgan fingerprint density at radius 3 is 1.41 bits per heavy atom. The highest BCUT2D eigenvalue weighted by atomic mass is 17.2. The third kappa shape index (κ3) is 4.09. The lowest BCUT2D eigenvalue weighted by molar-refractivity contribution is -0.498. The summed E-state index contributed by atoms with van der Waals surface area (Å²) in [4.78, 5) is 28.7. The molecule has 0 amide bonds. The molecule has 3 heterocycles. The summed E-state index contributed by atoms with van der Waals surface area (Å²) >= 11 is 0. The summed E-state index contributed by atoms with van der Waals surface area (Å²) in [5.74, 6) is -1.62. The molecule has 2 fully saturated rings. The van der Waals surface area contributed by atoms with Crippen molar-refractivity contribution in [3.63, 3.8) is 0 Å². The molecule has 8 rings (SSSR count). The number of para-hydroxylation sites is 1. The van der Waals surface area contributed by atoms with E-state index in [4.69, 9.17) is 14.5 Å². The first-order valence-electron chi connectivity index (χ1n) is 16.0. The molecule has 2 saturated heterocycles. The fourth-order valence-electron chi connectivity index (χ4n) is 7.73. The van der Waals surface area contributed by atoms with E-state index in [1.807, 2.05) is 24.3 Å². The number of rotatable bonds is 4. The molecule has 3 aliphatic rings. The first-order chi connectivity index (χ1) is 22.2. The number of carbonyl (C=O) groups is 1. The lowest BCUT2D eigenvalue weighted by atomic mass is 9.60. The maximum Gasteiger partial charge on any atom is 0.294 e. The molecule has 5 heteroatoms. The molecular formula is C41H37NO4. The van der Waals surface area contributed by atoms with E-state index in [0.29, 0.717) is 24.1 Å². The van der Waals surface area contributed by atoms with Gasteiger partial charge in [0.25, 0.3) is 5.91 Å². The van der Waals surface area contributed by atoms with Gasteiger partial charge in [0.05, 0.1) is 0 Å². The van der Waals surface area contributed by atoms with Gasteiger partial charge in [0.2, 0.25) is 0 Å². The zero-order valence-electron chi connectivity index (χ0n) is 26.6. The molecule has 1 N–H and O–H groups in total. The Morgan fingerprint density at radius 1 is 0.522 bits per heavy atom. The fraction of sp³-hybridized carbons (Fsp3) is 0.244. The standard InChI is InChI=1S/C41H37NO4/c1-27-9-17-31(18-10-27)39(32-19-11-28(2)12-20-32)25-38-26-40(33-21-13-29(3)14-22-33,34-23-15-30(4)16-24-34)45-46-41(38,44-39)42-36-8-6-5-7-35(36)37(38)43/h5-24,42H,25-26H2,1-4H3. The molecule has 0 bridgehead atoms. The molecule has 5 aromatic carbocycles. The summed E-state index contributed by atoms with van der Waals surface area (Å²) in [7, 11) is 0. The van der Waals surface area contributed by atoms with Gasteiger partial charge in [-0.1, -0.05) is 131 Å². The molecule has 3 aliphatic heterocycles. The monoisotopic (exact) mass is 607 g/mol. The van der Waals surface area contributed by atoms with Gasteiger partial charge in [-0.25, -0.2) is 4.89 Å². The molecule has 230 valence electrons. The first kappa shape index (κ1) is 28.9. The number of hydrogen-bond donors (Lipinski definition) is 1. The summed E-state index contributed by atoms with van der Waals surface area (Å²) in [5, 5.41) is 3.58. The molecule has 2 atom stereocenters. The topological polar surface area (TPSA) is 56.8 Å². The van der Waals surface area contributed by atoms with Crippen LogP contribution in [0.4, 0.5) is 5.69 Å². The van der Waals surface area contributed by atoms with E-state index in [9.17, 15) is 0 Å². The minimum atomic E-state index is -1.60. The number of ketones is 1. The lowest BCUT2D eigenvalue weighted by Gasteiger charge is -2.54. The van der Waals surface area contributed by atoms with Crippen molar-refractivity contribution < 1.29 is 19.3 Å². The number of hydrogen-bond acceptors (Lipinski definition) is 5. The van der Waals surface area contributed by atoms with Crippen molar-refractivity contribution in [2.45, 2.75) is 57.6 Å². The van der Waals surface area contributed by atoms with E-state index in [0.717, 1.165) is 44.5 Å². The van der Waals surface area contributed by atoms with Crippen LogP contribution in [0, 0.1) is 33.1 Å². The smallest absolute Gasteiger partial charge is 0.294 e. The number of carbonyl (C=O) groups excluding carboxylic acids is 1. The van der Waals surface area contributed by atoms with E-state index in [1.165, 1.54) is 0 Å². The van der Waals surface area contributed by atoms with Crippen LogP contribution in [0.1, 0.15) is 67.7 Å². The van der Waals surface area contributed by atoms with Crippen LogP contribution < -0.4 is 5.32 Å². The van der Waals surface area contributed by atoms with Crippen LogP contribution in [0.5, 0.6) is 0 Å². The second-order valence-corrected chi connectivity index (χ2v) is 13.4. The van der Waals surface area contributed by atoms with Crippen LogP contribution in [-0.2, 0) is 25.7 Å². The van der Waals surface area contributed by atoms with Crippen LogP contribution >= 0.6 is 0 Å². The molecule has 5 aromatic rings. The Hall–Kier alpha value is -4.55. The van der Waals surface area contributed by atoms with Gasteiger partial charge in [-0.3, -0.25) is 4.79 Å². The summed E-state index contributed by atoms with van der Waals surface area (Å²) in [6.07, 6.45) is 0.640. The van der Waals surface area contributed by atoms with Crippen LogP contribution in [0.15, 0.2) is 121 Å². The molecule has 5 nitrogen and oxygen atoms in total. The Morgan fingerprint density at radius 2 is 0.935 bits per heavy atom. The second kappa shape index (κ2) is 10.2. The minimum Gasteiger partial charge on any atom is -0.331 e. The Balaban J connectivity index is 1.40. The van der Waals surface area contributed by atoms with Gasteiger partial charge in [0, 0.05) is 24.1 Å². The minimum absolute atomic E-state index is 0.0187. The van der Waals surface area contributed by atoms with Crippen molar-refractivity contribution in [1.82, 2.24) is 0 Å². The summed E-state index contributed by atoms with van der Waals surface area (Å²) in [6.45, 7) is 8.28. The van der Waals surface area contributed by atoms with Crippen LogP contribution in [-0.4, -0.2) is 11.7 Å². The third-order valence-electron chi connectivity index (χ3n) is 10.3. The van der Waals surface area contributed by atoms with Gasteiger partial charge in [0.15, 0.2) is 11.4 Å². The van der Waals surface area contributed by atoms with E-state index >= 15 is 4.79 Å². The van der Waals surface area contributed by atoms with Gasteiger partial charge < -0.3 is 10.1 Å². The van der Waals surface area contributed by atoms with Crippen LogP contribution in [0.25, 0.3) is 0 Å². The van der Waals surface area contributed by atoms with Crippen molar-refractivity contribution in [2.24, 2.45) is 5.41 Å². The summed E-state index contributed by atoms with van der Waals surface area (Å²) in [5.41, 5.74) is 6.29. The van der Waals surface area contributed by atoms with Crippen LogP contribution in [0.3, 0.4) is 0 Å². The Labute approximate surface area is 270 Å². The number of ether oxygens (including phenoxy) is 1. The number of anilines is 1. The van der Waals surface area contributed by atoms with E-state index in [-0.39, 0.29) is 5.78 Å². The zero-order chi connectivity index (χ0) is 31.7. The predicted octanol–water partition coefficient (Wildman–Crippen LogP) is 8.83. The molecule has 0 aromatic heterocycles. The Bertz CT molecular complexity index is 1860. The van der Waals surface area contributed by atoms with Crippen molar-refractivity contribution in [3.05, 3.63) is 171 Å².